The summed E-state index contributed by atoms with van der Waals surface area (Å²) in [5.74, 6) is -0.0625. The quantitative estimate of drug-likeness (QED) is 0.306. The van der Waals surface area contributed by atoms with Crippen molar-refractivity contribution in [2.45, 2.75) is 30.7 Å². The number of hydrogen-bond acceptors (Lipinski definition) is 6. The SMILES string of the molecule is CCOc1ccc(NC(=O)[C@H]2CC(=O)N(Cc3ccccc3)C(=Nc3ccc(OC(F)(F)Cl)cc3)S2)cc1. The van der Waals surface area contributed by atoms with Crippen molar-refractivity contribution >= 4 is 51.7 Å². The summed E-state index contributed by atoms with van der Waals surface area (Å²) in [6, 6.07) is 21.8. The van der Waals surface area contributed by atoms with Crippen molar-refractivity contribution in [1.29, 1.82) is 0 Å². The molecule has 0 aromatic heterocycles. The minimum Gasteiger partial charge on any atom is -0.494 e. The predicted octanol–water partition coefficient (Wildman–Crippen LogP) is 6.41. The number of carbonyl (C=O) groups excluding carboxylic acids is 2. The lowest BCUT2D eigenvalue weighted by atomic mass is 10.2. The number of nitrogens with zero attached hydrogens (tertiary/aromatic N) is 2. The van der Waals surface area contributed by atoms with Crippen LogP contribution in [0.1, 0.15) is 18.9 Å². The number of thioether (sulfide) groups is 1. The third-order valence-corrected chi connectivity index (χ3v) is 6.61. The third-order valence-electron chi connectivity index (χ3n) is 5.34. The fraction of sp³-hybridized carbons (Fsp3) is 0.222. The van der Waals surface area contributed by atoms with Gasteiger partial charge in [-0.05, 0) is 61.0 Å². The van der Waals surface area contributed by atoms with Crippen molar-refractivity contribution < 1.29 is 27.8 Å². The summed E-state index contributed by atoms with van der Waals surface area (Å²) in [4.78, 5) is 32.4. The Balaban J connectivity index is 1.55. The van der Waals surface area contributed by atoms with E-state index in [0.717, 1.165) is 17.3 Å². The second kappa shape index (κ2) is 12.3. The molecule has 3 aromatic carbocycles. The Kier molecular flexibility index (Phi) is 8.85. The highest BCUT2D eigenvalue weighted by atomic mass is 35.5. The number of amidine groups is 1. The average Bonchev–Trinajstić information content (AvgIpc) is 2.88. The van der Waals surface area contributed by atoms with Crippen LogP contribution in [-0.2, 0) is 16.1 Å². The molecular weight excluding hydrogens is 536 g/mol. The van der Waals surface area contributed by atoms with E-state index in [1.54, 1.807) is 24.3 Å². The molecule has 1 fully saturated rings. The van der Waals surface area contributed by atoms with Crippen LogP contribution in [0.15, 0.2) is 83.9 Å². The predicted molar refractivity (Wildman–Crippen MR) is 144 cm³/mol. The van der Waals surface area contributed by atoms with Crippen molar-refractivity contribution in [3.8, 4) is 11.5 Å². The Hall–Kier alpha value is -3.63. The van der Waals surface area contributed by atoms with Gasteiger partial charge in [-0.25, -0.2) is 4.99 Å². The van der Waals surface area contributed by atoms with Gasteiger partial charge in [-0.3, -0.25) is 14.5 Å². The highest BCUT2D eigenvalue weighted by Gasteiger charge is 2.36. The van der Waals surface area contributed by atoms with Crippen LogP contribution in [0.2, 0.25) is 0 Å². The van der Waals surface area contributed by atoms with E-state index in [4.69, 9.17) is 16.3 Å². The van der Waals surface area contributed by atoms with E-state index in [1.165, 1.54) is 29.2 Å². The van der Waals surface area contributed by atoms with Crippen LogP contribution in [0.5, 0.6) is 11.5 Å². The van der Waals surface area contributed by atoms with Gasteiger partial charge < -0.3 is 14.8 Å². The Bertz CT molecular complexity index is 1290. The standard InChI is InChI=1S/C27H24ClF2N3O4S/c1-2-36-21-12-8-19(9-13-21)31-25(35)23-16-24(34)33(17-18-6-4-3-5-7-18)26(38-23)32-20-10-14-22(15-11-20)37-27(28,29)30/h3-15,23H,2,16-17H2,1H3,(H,31,35)/t23-/m1/s1. The number of benzene rings is 3. The van der Waals surface area contributed by atoms with Gasteiger partial charge in [0, 0.05) is 23.7 Å². The molecule has 0 radical (unpaired) electrons. The van der Waals surface area contributed by atoms with E-state index >= 15 is 0 Å². The Morgan fingerprint density at radius 2 is 1.74 bits per heavy atom. The zero-order chi connectivity index (χ0) is 27.1. The molecule has 4 rings (SSSR count). The number of ether oxygens (including phenoxy) is 2. The molecular formula is C27H24ClF2N3O4S. The first kappa shape index (κ1) is 27.4. The van der Waals surface area contributed by atoms with E-state index < -0.39 is 10.8 Å². The number of nitrogens with one attached hydrogen (secondary N) is 1. The van der Waals surface area contributed by atoms with Gasteiger partial charge in [0.2, 0.25) is 11.8 Å². The van der Waals surface area contributed by atoms with Crippen LogP contribution in [0.3, 0.4) is 0 Å². The normalized spacial score (nSPS) is 16.8. The second-order valence-electron chi connectivity index (χ2n) is 8.16. The zero-order valence-corrected chi connectivity index (χ0v) is 21.8. The molecule has 0 aliphatic carbocycles. The third kappa shape index (κ3) is 7.69. The summed E-state index contributed by atoms with van der Waals surface area (Å²) < 4.78 is 35.6. The van der Waals surface area contributed by atoms with Gasteiger partial charge in [0.15, 0.2) is 5.17 Å². The molecule has 3 aromatic rings. The lowest BCUT2D eigenvalue weighted by Gasteiger charge is -2.32. The molecule has 0 bridgehead atoms. The molecule has 1 saturated heterocycles. The van der Waals surface area contributed by atoms with Gasteiger partial charge >= 0.3 is 5.57 Å². The molecule has 1 aliphatic heterocycles. The number of amides is 2. The average molecular weight is 560 g/mol. The molecule has 0 saturated carbocycles. The first-order valence-corrected chi connectivity index (χ1v) is 12.9. The van der Waals surface area contributed by atoms with Gasteiger partial charge in [0.25, 0.3) is 0 Å². The van der Waals surface area contributed by atoms with E-state index in [0.29, 0.717) is 28.9 Å². The first-order valence-electron chi connectivity index (χ1n) is 11.7. The fourth-order valence-electron chi connectivity index (χ4n) is 3.62. The van der Waals surface area contributed by atoms with Crippen LogP contribution < -0.4 is 14.8 Å². The lowest BCUT2D eigenvalue weighted by Crippen LogP contribution is -2.44. The highest BCUT2D eigenvalue weighted by molar-refractivity contribution is 8.15. The zero-order valence-electron chi connectivity index (χ0n) is 20.3. The monoisotopic (exact) mass is 559 g/mol. The molecule has 1 heterocycles. The molecule has 7 nitrogen and oxygen atoms in total. The van der Waals surface area contributed by atoms with E-state index in [9.17, 15) is 18.4 Å². The molecule has 1 N–H and O–H groups in total. The van der Waals surface area contributed by atoms with Crippen molar-refractivity contribution in [2.24, 2.45) is 4.99 Å². The largest absolute Gasteiger partial charge is 0.494 e. The number of carbonyl (C=O) groups is 2. The number of halogens is 3. The highest BCUT2D eigenvalue weighted by Crippen LogP contribution is 2.32. The maximum atomic E-state index is 13.2. The number of anilines is 1. The second-order valence-corrected chi connectivity index (χ2v) is 9.77. The number of aliphatic imine (C=N–C) groups is 1. The van der Waals surface area contributed by atoms with Crippen molar-refractivity contribution in [1.82, 2.24) is 4.90 Å². The van der Waals surface area contributed by atoms with E-state index in [-0.39, 0.29) is 30.5 Å². The Morgan fingerprint density at radius 1 is 1.08 bits per heavy atom. The lowest BCUT2D eigenvalue weighted by molar-refractivity contribution is -0.129. The Morgan fingerprint density at radius 3 is 2.37 bits per heavy atom. The summed E-state index contributed by atoms with van der Waals surface area (Å²) >= 11 is 5.98. The molecule has 2 amide bonds. The molecule has 0 unspecified atom stereocenters. The van der Waals surface area contributed by atoms with Crippen LogP contribution in [0, 0.1) is 0 Å². The number of rotatable bonds is 9. The van der Waals surface area contributed by atoms with E-state index in [1.807, 2.05) is 37.3 Å². The maximum Gasteiger partial charge on any atom is 0.487 e. The summed E-state index contributed by atoms with van der Waals surface area (Å²) in [7, 11) is 0. The van der Waals surface area contributed by atoms with Crippen molar-refractivity contribution in [3.05, 3.63) is 84.4 Å². The van der Waals surface area contributed by atoms with Crippen molar-refractivity contribution in [2.75, 3.05) is 11.9 Å². The van der Waals surface area contributed by atoms with Crippen LogP contribution in [-0.4, -0.2) is 39.3 Å². The van der Waals surface area contributed by atoms with E-state index in [2.05, 4.69) is 15.0 Å². The Labute approximate surface area is 227 Å². The molecule has 1 atom stereocenters. The van der Waals surface area contributed by atoms with Crippen LogP contribution in [0.4, 0.5) is 20.2 Å². The summed E-state index contributed by atoms with van der Waals surface area (Å²) in [6.07, 6.45) is -0.0169. The van der Waals surface area contributed by atoms with Gasteiger partial charge in [0.05, 0.1) is 18.8 Å². The van der Waals surface area contributed by atoms with Crippen molar-refractivity contribution in [3.63, 3.8) is 0 Å². The molecule has 11 heteroatoms. The smallest absolute Gasteiger partial charge is 0.487 e. The summed E-state index contributed by atoms with van der Waals surface area (Å²) in [5.41, 5.74) is -1.99. The van der Waals surface area contributed by atoms with Gasteiger partial charge in [-0.2, -0.15) is 0 Å². The summed E-state index contributed by atoms with van der Waals surface area (Å²) in [5, 5.41) is 2.43. The molecule has 198 valence electrons. The molecule has 1 aliphatic rings. The van der Waals surface area contributed by atoms with Gasteiger partial charge in [-0.1, -0.05) is 42.1 Å². The van der Waals surface area contributed by atoms with Crippen LogP contribution >= 0.6 is 23.4 Å². The van der Waals surface area contributed by atoms with Gasteiger partial charge in [0.1, 0.15) is 16.7 Å². The summed E-state index contributed by atoms with van der Waals surface area (Å²) in [6.45, 7) is 2.68. The van der Waals surface area contributed by atoms with Gasteiger partial charge in [-0.15, -0.1) is 8.78 Å². The topological polar surface area (TPSA) is 80.2 Å². The number of hydrogen-bond donors (Lipinski definition) is 1. The first-order chi connectivity index (χ1) is 18.2. The minimum absolute atomic E-state index is 0.0169. The molecule has 38 heavy (non-hydrogen) atoms. The minimum atomic E-state index is -3.84. The fourth-order valence-corrected chi connectivity index (χ4v) is 4.81. The number of alkyl halides is 3. The van der Waals surface area contributed by atoms with Crippen LogP contribution in [0.25, 0.3) is 0 Å². The molecule has 0 spiro atoms. The maximum absolute atomic E-state index is 13.2.